The number of carboxylic acid groups (broad SMARTS) is 2. The Kier molecular flexibility index (Phi) is 4.32. The van der Waals surface area contributed by atoms with E-state index in [9.17, 15) is 19.8 Å². The van der Waals surface area contributed by atoms with Crippen LogP contribution in [-0.4, -0.2) is 27.7 Å². The van der Waals surface area contributed by atoms with Crippen molar-refractivity contribution in [1.82, 2.24) is 10.6 Å². The molecule has 0 radical (unpaired) electrons. The second-order valence-electron chi connectivity index (χ2n) is 6.46. The Morgan fingerprint density at radius 3 is 2.08 bits per heavy atom. The largest absolute Gasteiger partial charge is 0.481 e. The first-order valence-corrected chi connectivity index (χ1v) is 8.00. The van der Waals surface area contributed by atoms with E-state index in [0.717, 1.165) is 5.56 Å². The van der Waals surface area contributed by atoms with Crippen LogP contribution in [-0.2, 0) is 15.3 Å². The maximum atomic E-state index is 12.1. The highest BCUT2D eigenvalue weighted by molar-refractivity contribution is 5.81. The molecular formula is C19H20N2O4. The van der Waals surface area contributed by atoms with Gasteiger partial charge in [-0.05, 0) is 18.1 Å². The minimum absolute atomic E-state index is 0.288. The van der Waals surface area contributed by atoms with E-state index in [0.29, 0.717) is 5.56 Å². The second kappa shape index (κ2) is 6.31. The maximum absolute atomic E-state index is 12.1. The van der Waals surface area contributed by atoms with Crippen LogP contribution in [0.4, 0.5) is 0 Å². The summed E-state index contributed by atoms with van der Waals surface area (Å²) in [6.07, 6.45) is -0.288. The topological polar surface area (TPSA) is 98.7 Å². The summed E-state index contributed by atoms with van der Waals surface area (Å²) >= 11 is 0. The number of aliphatic carboxylic acids is 2. The fourth-order valence-corrected chi connectivity index (χ4v) is 3.48. The highest BCUT2D eigenvalue weighted by atomic mass is 16.4. The lowest BCUT2D eigenvalue weighted by atomic mass is 9.88. The summed E-state index contributed by atoms with van der Waals surface area (Å²) in [4.78, 5) is 23.6. The molecule has 0 bridgehead atoms. The van der Waals surface area contributed by atoms with Crippen molar-refractivity contribution in [2.45, 2.75) is 30.6 Å². The molecule has 1 heterocycles. The molecule has 1 fully saturated rings. The first kappa shape index (κ1) is 17.1. The summed E-state index contributed by atoms with van der Waals surface area (Å²) in [5.41, 5.74) is -1.08. The molecular weight excluding hydrogens is 320 g/mol. The zero-order valence-electron chi connectivity index (χ0n) is 13.8. The van der Waals surface area contributed by atoms with E-state index in [1.807, 2.05) is 36.4 Å². The van der Waals surface area contributed by atoms with Crippen LogP contribution in [0.15, 0.2) is 60.7 Å². The average molecular weight is 340 g/mol. The molecule has 1 aliphatic rings. The van der Waals surface area contributed by atoms with E-state index in [1.54, 1.807) is 31.2 Å². The Hall–Kier alpha value is -2.70. The molecule has 25 heavy (non-hydrogen) atoms. The Morgan fingerprint density at radius 1 is 1.00 bits per heavy atom. The third kappa shape index (κ3) is 3.01. The number of rotatable bonds is 5. The van der Waals surface area contributed by atoms with Gasteiger partial charge in [0, 0.05) is 0 Å². The van der Waals surface area contributed by atoms with E-state index >= 15 is 0 Å². The van der Waals surface area contributed by atoms with Crippen molar-refractivity contribution in [2.24, 2.45) is 0 Å². The van der Waals surface area contributed by atoms with Gasteiger partial charge >= 0.3 is 11.9 Å². The maximum Gasteiger partial charge on any atom is 0.325 e. The lowest BCUT2D eigenvalue weighted by molar-refractivity contribution is -0.145. The number of benzene rings is 2. The third-order valence-electron chi connectivity index (χ3n) is 4.70. The van der Waals surface area contributed by atoms with Gasteiger partial charge < -0.3 is 10.2 Å². The van der Waals surface area contributed by atoms with Gasteiger partial charge in [-0.1, -0.05) is 60.7 Å². The number of hydrogen-bond acceptors (Lipinski definition) is 4. The van der Waals surface area contributed by atoms with Crippen LogP contribution < -0.4 is 10.6 Å². The van der Waals surface area contributed by atoms with Crippen LogP contribution in [0, 0.1) is 0 Å². The van der Waals surface area contributed by atoms with Crippen LogP contribution in [0.3, 0.4) is 0 Å². The predicted molar refractivity (Wildman–Crippen MR) is 91.9 cm³/mol. The molecule has 0 spiro atoms. The quantitative estimate of drug-likeness (QED) is 0.665. The van der Waals surface area contributed by atoms with Crippen LogP contribution in [0.5, 0.6) is 0 Å². The van der Waals surface area contributed by atoms with Crippen LogP contribution in [0.1, 0.15) is 30.5 Å². The summed E-state index contributed by atoms with van der Waals surface area (Å²) in [6.45, 7) is 1.58. The van der Waals surface area contributed by atoms with Gasteiger partial charge in [0.05, 0.1) is 12.5 Å². The molecule has 3 atom stereocenters. The van der Waals surface area contributed by atoms with Gasteiger partial charge in [-0.15, -0.1) is 0 Å². The van der Waals surface area contributed by atoms with Crippen molar-refractivity contribution in [3.05, 3.63) is 71.8 Å². The van der Waals surface area contributed by atoms with Gasteiger partial charge in [0.15, 0.2) is 0 Å². The third-order valence-corrected chi connectivity index (χ3v) is 4.70. The van der Waals surface area contributed by atoms with Gasteiger partial charge in [-0.2, -0.15) is 0 Å². The smallest absolute Gasteiger partial charge is 0.325 e. The highest BCUT2D eigenvalue weighted by Crippen LogP contribution is 2.41. The van der Waals surface area contributed by atoms with Gasteiger partial charge in [0.25, 0.3) is 0 Å². The van der Waals surface area contributed by atoms with E-state index in [2.05, 4.69) is 10.6 Å². The lowest BCUT2D eigenvalue weighted by Crippen LogP contribution is -2.55. The normalized spacial score (nSPS) is 28.6. The van der Waals surface area contributed by atoms with Crippen LogP contribution in [0.25, 0.3) is 0 Å². The lowest BCUT2D eigenvalue weighted by Gasteiger charge is -2.31. The molecule has 0 aromatic heterocycles. The van der Waals surface area contributed by atoms with Gasteiger partial charge in [-0.3, -0.25) is 20.2 Å². The Balaban J connectivity index is 2.12. The number of carbonyl (C=O) groups is 2. The minimum Gasteiger partial charge on any atom is -0.481 e. The van der Waals surface area contributed by atoms with Gasteiger partial charge in [0.2, 0.25) is 0 Å². The van der Waals surface area contributed by atoms with Crippen molar-refractivity contribution in [3.8, 4) is 0 Å². The van der Waals surface area contributed by atoms with Crippen molar-refractivity contribution in [2.75, 3.05) is 0 Å². The van der Waals surface area contributed by atoms with Crippen LogP contribution in [0.2, 0.25) is 0 Å². The molecule has 0 saturated carbocycles. The fraction of sp³-hybridized carbons (Fsp3) is 0.263. The molecule has 4 N–H and O–H groups in total. The molecule has 3 rings (SSSR count). The summed E-state index contributed by atoms with van der Waals surface area (Å²) in [6, 6.07) is 17.6. The molecule has 2 aromatic carbocycles. The molecule has 2 aromatic rings. The van der Waals surface area contributed by atoms with Gasteiger partial charge in [0.1, 0.15) is 11.2 Å². The monoisotopic (exact) mass is 340 g/mol. The molecule has 1 saturated heterocycles. The highest BCUT2D eigenvalue weighted by Gasteiger charge is 2.57. The first-order valence-electron chi connectivity index (χ1n) is 8.00. The number of nitrogens with one attached hydrogen (secondary N) is 2. The summed E-state index contributed by atoms with van der Waals surface area (Å²) in [5.74, 6) is -2.07. The van der Waals surface area contributed by atoms with E-state index in [1.165, 1.54) is 0 Å². The second-order valence-corrected chi connectivity index (χ2v) is 6.46. The average Bonchev–Trinajstić information content (AvgIpc) is 2.91. The van der Waals surface area contributed by atoms with Crippen molar-refractivity contribution in [3.63, 3.8) is 0 Å². The molecule has 6 heteroatoms. The first-order chi connectivity index (χ1) is 11.9. The molecule has 1 aliphatic heterocycles. The Bertz CT molecular complexity index is 781. The zero-order chi connectivity index (χ0) is 18.1. The summed E-state index contributed by atoms with van der Waals surface area (Å²) in [5, 5.41) is 25.7. The molecule has 6 nitrogen and oxygen atoms in total. The summed E-state index contributed by atoms with van der Waals surface area (Å²) in [7, 11) is 0. The van der Waals surface area contributed by atoms with E-state index < -0.39 is 29.2 Å². The molecule has 0 amide bonds. The summed E-state index contributed by atoms with van der Waals surface area (Å²) < 4.78 is 0. The molecule has 130 valence electrons. The van der Waals surface area contributed by atoms with Crippen molar-refractivity contribution in [1.29, 1.82) is 0 Å². The standard InChI is InChI=1S/C19H20N2O4/c1-18(17(24)25)16(13-8-4-2-5-9-13)20-19(21-18,12-15(22)23)14-10-6-3-7-11-14/h2-11,16,20-21H,12H2,1H3,(H,22,23)(H,24,25). The SMILES string of the molecule is CC1(C(=O)O)NC(CC(=O)O)(c2ccccc2)NC1c1ccccc1. The molecule has 0 aliphatic carbocycles. The van der Waals surface area contributed by atoms with Crippen molar-refractivity contribution < 1.29 is 19.8 Å². The fourth-order valence-electron chi connectivity index (χ4n) is 3.48. The number of carboxylic acids is 2. The van der Waals surface area contributed by atoms with Gasteiger partial charge in [-0.25, -0.2) is 0 Å². The van der Waals surface area contributed by atoms with Crippen LogP contribution >= 0.6 is 0 Å². The molecule has 3 unspecified atom stereocenters. The minimum atomic E-state index is -1.37. The van der Waals surface area contributed by atoms with E-state index in [4.69, 9.17) is 0 Å². The predicted octanol–water partition coefficient (Wildman–Crippen LogP) is 2.09. The Morgan fingerprint density at radius 2 is 1.56 bits per heavy atom. The Labute approximate surface area is 145 Å². The van der Waals surface area contributed by atoms with E-state index in [-0.39, 0.29) is 6.42 Å². The van der Waals surface area contributed by atoms with Crippen molar-refractivity contribution >= 4 is 11.9 Å². The zero-order valence-corrected chi connectivity index (χ0v) is 13.8. The number of hydrogen-bond donors (Lipinski definition) is 4.